The monoisotopic (exact) mass is 230 g/mol. The molecule has 1 rings (SSSR count). The van der Waals surface area contributed by atoms with Crippen LogP contribution in [0.4, 0.5) is 0 Å². The van der Waals surface area contributed by atoms with Gasteiger partial charge in [-0.05, 0) is 17.7 Å². The third kappa shape index (κ3) is 3.28. The van der Waals surface area contributed by atoms with Gasteiger partial charge in [0, 0.05) is 14.1 Å². The van der Waals surface area contributed by atoms with Crippen molar-refractivity contribution in [2.24, 2.45) is 0 Å². The van der Waals surface area contributed by atoms with Gasteiger partial charge in [-0.25, -0.2) is 13.4 Å². The standard InChI is InChI=1S/C9H14N2O3S/c1-11(2)10-15(13,14)9-5-3-4-8(6-9)7-12/h3-6,10,12H,7H2,1-2H3. The number of nitrogens with zero attached hydrogens (tertiary/aromatic N) is 1. The van der Waals surface area contributed by atoms with Crippen LogP contribution in [-0.4, -0.2) is 32.6 Å². The summed E-state index contributed by atoms with van der Waals surface area (Å²) in [7, 11) is -0.346. The first-order chi connectivity index (χ1) is 6.95. The molecule has 0 spiro atoms. The van der Waals surface area contributed by atoms with Gasteiger partial charge in [-0.1, -0.05) is 12.1 Å². The number of nitrogens with one attached hydrogen (secondary N) is 1. The molecule has 0 bridgehead atoms. The van der Waals surface area contributed by atoms with Gasteiger partial charge in [0.2, 0.25) is 0 Å². The molecule has 0 aromatic heterocycles. The molecule has 0 atom stereocenters. The SMILES string of the molecule is CN(C)NS(=O)(=O)c1cccc(CO)c1. The quantitative estimate of drug-likeness (QED) is 0.711. The van der Waals surface area contributed by atoms with Gasteiger partial charge in [0.1, 0.15) is 0 Å². The lowest BCUT2D eigenvalue weighted by Gasteiger charge is -2.12. The molecule has 0 fully saturated rings. The lowest BCUT2D eigenvalue weighted by atomic mass is 10.2. The molecule has 1 aromatic rings. The Kier molecular flexibility index (Phi) is 3.81. The Balaban J connectivity index is 3.04. The first-order valence-electron chi connectivity index (χ1n) is 4.35. The zero-order valence-corrected chi connectivity index (χ0v) is 9.45. The van der Waals surface area contributed by atoms with Gasteiger partial charge in [0.25, 0.3) is 10.0 Å². The van der Waals surface area contributed by atoms with Gasteiger partial charge in [-0.3, -0.25) is 0 Å². The number of hydrogen-bond donors (Lipinski definition) is 2. The van der Waals surface area contributed by atoms with Crippen molar-refractivity contribution in [3.05, 3.63) is 29.8 Å². The predicted octanol–water partition coefficient (Wildman–Crippen LogP) is -0.0662. The Labute approximate surface area is 89.4 Å². The van der Waals surface area contributed by atoms with Crippen molar-refractivity contribution >= 4 is 10.0 Å². The Hall–Kier alpha value is -0.950. The summed E-state index contributed by atoms with van der Waals surface area (Å²) in [6, 6.07) is 6.17. The smallest absolute Gasteiger partial charge is 0.253 e. The second-order valence-electron chi connectivity index (χ2n) is 3.29. The van der Waals surface area contributed by atoms with E-state index in [9.17, 15) is 8.42 Å². The van der Waals surface area contributed by atoms with Crippen molar-refractivity contribution in [1.82, 2.24) is 9.84 Å². The van der Waals surface area contributed by atoms with Crippen LogP contribution in [-0.2, 0) is 16.6 Å². The van der Waals surface area contributed by atoms with Crippen molar-refractivity contribution in [2.75, 3.05) is 14.1 Å². The van der Waals surface area contributed by atoms with E-state index in [0.717, 1.165) is 0 Å². The first-order valence-corrected chi connectivity index (χ1v) is 5.83. The summed E-state index contributed by atoms with van der Waals surface area (Å²) in [5, 5.41) is 10.2. The largest absolute Gasteiger partial charge is 0.392 e. The van der Waals surface area contributed by atoms with Gasteiger partial charge >= 0.3 is 0 Å². The molecule has 1 aromatic carbocycles. The van der Waals surface area contributed by atoms with Crippen molar-refractivity contribution in [3.8, 4) is 0 Å². The van der Waals surface area contributed by atoms with Crippen LogP contribution in [0.25, 0.3) is 0 Å². The summed E-state index contributed by atoms with van der Waals surface area (Å²) in [6.07, 6.45) is 0. The summed E-state index contributed by atoms with van der Waals surface area (Å²) < 4.78 is 23.4. The summed E-state index contributed by atoms with van der Waals surface area (Å²) in [6.45, 7) is -0.175. The van der Waals surface area contributed by atoms with Crippen molar-refractivity contribution in [1.29, 1.82) is 0 Å². The number of aliphatic hydroxyl groups is 1. The van der Waals surface area contributed by atoms with Gasteiger partial charge in [0.15, 0.2) is 0 Å². The normalized spacial score (nSPS) is 12.0. The second-order valence-corrected chi connectivity index (χ2v) is 4.96. The summed E-state index contributed by atoms with van der Waals surface area (Å²) in [4.78, 5) is 2.45. The third-order valence-electron chi connectivity index (χ3n) is 1.69. The van der Waals surface area contributed by atoms with E-state index in [4.69, 9.17) is 5.11 Å². The van der Waals surface area contributed by atoms with Crippen LogP contribution < -0.4 is 4.83 Å². The number of hydrogen-bond acceptors (Lipinski definition) is 4. The zero-order valence-electron chi connectivity index (χ0n) is 8.64. The Bertz CT molecular complexity index is 429. The van der Waals surface area contributed by atoms with Crippen LogP contribution in [0.3, 0.4) is 0 Å². The molecular formula is C9H14N2O3S. The van der Waals surface area contributed by atoms with Crippen LogP contribution in [0.1, 0.15) is 5.56 Å². The molecule has 0 heterocycles. The van der Waals surface area contributed by atoms with E-state index in [1.54, 1.807) is 26.2 Å². The molecule has 0 radical (unpaired) electrons. The summed E-state index contributed by atoms with van der Waals surface area (Å²) in [5.74, 6) is 0. The second kappa shape index (κ2) is 4.71. The highest BCUT2D eigenvalue weighted by Gasteiger charge is 2.14. The molecule has 5 nitrogen and oxygen atoms in total. The fourth-order valence-electron chi connectivity index (χ4n) is 1.10. The summed E-state index contributed by atoms with van der Waals surface area (Å²) in [5.41, 5.74) is 0.566. The Morgan fingerprint density at radius 1 is 1.40 bits per heavy atom. The number of sulfonamides is 1. The van der Waals surface area contributed by atoms with Crippen LogP contribution in [0.15, 0.2) is 29.2 Å². The van der Waals surface area contributed by atoms with E-state index in [-0.39, 0.29) is 11.5 Å². The number of hydrazine groups is 1. The molecule has 0 saturated carbocycles. The maximum Gasteiger partial charge on any atom is 0.253 e. The maximum atomic E-state index is 11.7. The first kappa shape index (κ1) is 12.1. The molecule has 0 saturated heterocycles. The van der Waals surface area contributed by atoms with Crippen LogP contribution >= 0.6 is 0 Å². The maximum absolute atomic E-state index is 11.7. The topological polar surface area (TPSA) is 69.6 Å². The average Bonchev–Trinajstić information content (AvgIpc) is 2.16. The molecule has 0 aliphatic heterocycles. The molecule has 84 valence electrons. The third-order valence-corrected chi connectivity index (χ3v) is 3.17. The fourth-order valence-corrected chi connectivity index (χ4v) is 2.25. The zero-order chi connectivity index (χ0) is 11.5. The minimum absolute atomic E-state index is 0.141. The summed E-state index contributed by atoms with van der Waals surface area (Å²) >= 11 is 0. The average molecular weight is 230 g/mol. The van der Waals surface area contributed by atoms with Gasteiger partial charge in [-0.15, -0.1) is 4.83 Å². The van der Waals surface area contributed by atoms with E-state index in [0.29, 0.717) is 5.56 Å². The molecular weight excluding hydrogens is 216 g/mol. The lowest BCUT2D eigenvalue weighted by molar-refractivity contribution is 0.281. The van der Waals surface area contributed by atoms with Crippen molar-refractivity contribution in [2.45, 2.75) is 11.5 Å². The van der Waals surface area contributed by atoms with E-state index < -0.39 is 10.0 Å². The molecule has 0 unspecified atom stereocenters. The van der Waals surface area contributed by atoms with E-state index in [1.807, 2.05) is 0 Å². The van der Waals surface area contributed by atoms with E-state index >= 15 is 0 Å². The lowest BCUT2D eigenvalue weighted by Crippen LogP contribution is -2.36. The molecule has 0 amide bonds. The Morgan fingerprint density at radius 3 is 2.60 bits per heavy atom. The van der Waals surface area contributed by atoms with E-state index in [2.05, 4.69) is 4.83 Å². The van der Waals surface area contributed by atoms with Crippen molar-refractivity contribution in [3.63, 3.8) is 0 Å². The predicted molar refractivity (Wildman–Crippen MR) is 56.4 cm³/mol. The molecule has 0 aliphatic rings. The van der Waals surface area contributed by atoms with Gasteiger partial charge in [-0.2, -0.15) is 0 Å². The van der Waals surface area contributed by atoms with Gasteiger partial charge in [0.05, 0.1) is 11.5 Å². The minimum atomic E-state index is -3.53. The van der Waals surface area contributed by atoms with Gasteiger partial charge < -0.3 is 5.11 Å². The Morgan fingerprint density at radius 2 is 2.07 bits per heavy atom. The van der Waals surface area contributed by atoms with Crippen molar-refractivity contribution < 1.29 is 13.5 Å². The minimum Gasteiger partial charge on any atom is -0.392 e. The van der Waals surface area contributed by atoms with Crippen LogP contribution in [0, 0.1) is 0 Å². The highest BCUT2D eigenvalue weighted by atomic mass is 32.2. The van der Waals surface area contributed by atoms with E-state index in [1.165, 1.54) is 17.1 Å². The van der Waals surface area contributed by atoms with Crippen LogP contribution in [0.5, 0.6) is 0 Å². The van der Waals surface area contributed by atoms with Crippen LogP contribution in [0.2, 0.25) is 0 Å². The molecule has 0 aliphatic carbocycles. The highest BCUT2D eigenvalue weighted by molar-refractivity contribution is 7.89. The molecule has 15 heavy (non-hydrogen) atoms. The highest BCUT2D eigenvalue weighted by Crippen LogP contribution is 2.11. The fraction of sp³-hybridized carbons (Fsp3) is 0.333. The molecule has 6 heteroatoms. The number of rotatable bonds is 4. The molecule has 2 N–H and O–H groups in total. The number of aliphatic hydroxyl groups excluding tert-OH is 1. The number of benzene rings is 1.